The lowest BCUT2D eigenvalue weighted by atomic mass is 9.62. The Morgan fingerprint density at radius 1 is 1.17 bits per heavy atom. The molecule has 2 aromatic rings. The van der Waals surface area contributed by atoms with Gasteiger partial charge in [0.05, 0.1) is 18.9 Å². The van der Waals surface area contributed by atoms with Gasteiger partial charge < -0.3 is 29.9 Å². The number of piperidine rings is 1. The molecular formula is C31H45N5O5. The van der Waals surface area contributed by atoms with Crippen molar-refractivity contribution in [1.29, 1.82) is 0 Å². The number of nitrogens with one attached hydrogen (secondary N) is 2. The lowest BCUT2D eigenvalue weighted by molar-refractivity contribution is -0.163. The number of urea groups is 1. The van der Waals surface area contributed by atoms with Crippen LogP contribution in [0.1, 0.15) is 69.5 Å². The highest BCUT2D eigenvalue weighted by atomic mass is 16.5. The summed E-state index contributed by atoms with van der Waals surface area (Å²) in [6, 6.07) is 6.08. The van der Waals surface area contributed by atoms with Crippen LogP contribution < -0.4 is 15.4 Å². The largest absolute Gasteiger partial charge is 0.497 e. The number of aryl methyl sites for hydroxylation is 1. The van der Waals surface area contributed by atoms with Crippen LogP contribution in [0.5, 0.6) is 5.75 Å². The highest BCUT2D eigenvalue weighted by Gasteiger charge is 2.51. The molecule has 2 unspecified atom stereocenters. The molecule has 1 aliphatic heterocycles. The highest BCUT2D eigenvalue weighted by Crippen LogP contribution is 2.48. The molecule has 1 aliphatic carbocycles. The number of carbonyl (C=O) groups is 3. The molecule has 41 heavy (non-hydrogen) atoms. The quantitative estimate of drug-likeness (QED) is 0.378. The molecule has 1 aromatic heterocycles. The molecule has 1 aromatic carbocycles. The van der Waals surface area contributed by atoms with E-state index in [2.05, 4.69) is 15.6 Å². The molecule has 10 nitrogen and oxygen atoms in total. The summed E-state index contributed by atoms with van der Waals surface area (Å²) in [4.78, 5) is 45.7. The normalized spacial score (nSPS) is 22.1. The molecule has 0 bridgehead atoms. The summed E-state index contributed by atoms with van der Waals surface area (Å²) in [6.45, 7) is 2.79. The van der Waals surface area contributed by atoms with E-state index in [1.165, 1.54) is 0 Å². The summed E-state index contributed by atoms with van der Waals surface area (Å²) in [5.74, 6) is -0.0292. The van der Waals surface area contributed by atoms with Crippen LogP contribution >= 0.6 is 0 Å². The lowest BCUT2D eigenvalue weighted by Gasteiger charge is -2.49. The fourth-order valence-corrected chi connectivity index (χ4v) is 6.72. The number of imidazole rings is 1. The number of hydrogen-bond donors (Lipinski definition) is 3. The second kappa shape index (κ2) is 13.9. The van der Waals surface area contributed by atoms with E-state index < -0.39 is 23.5 Å². The maximum absolute atomic E-state index is 14.1. The van der Waals surface area contributed by atoms with Crippen molar-refractivity contribution in [3.8, 4) is 5.75 Å². The Bertz CT molecular complexity index is 1180. The Labute approximate surface area is 242 Å². The SMILES string of the molecule is CCC1CC(C(=O)O)(C2CCCCC2)CCN1C(=O)[C@@H](Cc1ccc(OC)cc1)NC(=O)NCCc1cncn1C. The van der Waals surface area contributed by atoms with Gasteiger partial charge in [-0.05, 0) is 55.7 Å². The van der Waals surface area contributed by atoms with E-state index in [4.69, 9.17) is 4.74 Å². The number of carbonyl (C=O) groups excluding carboxylic acids is 2. The predicted molar refractivity (Wildman–Crippen MR) is 156 cm³/mol. The average Bonchev–Trinajstić information content (AvgIpc) is 3.41. The zero-order valence-electron chi connectivity index (χ0n) is 24.6. The number of methoxy groups -OCH3 is 1. The first-order chi connectivity index (χ1) is 19.8. The first-order valence-corrected chi connectivity index (χ1v) is 14.9. The number of rotatable bonds is 11. The first-order valence-electron chi connectivity index (χ1n) is 14.9. The van der Waals surface area contributed by atoms with E-state index in [0.29, 0.717) is 50.9 Å². The van der Waals surface area contributed by atoms with E-state index >= 15 is 0 Å². The fraction of sp³-hybridized carbons (Fsp3) is 0.613. The van der Waals surface area contributed by atoms with Gasteiger partial charge >= 0.3 is 12.0 Å². The number of ether oxygens (including phenoxy) is 1. The minimum Gasteiger partial charge on any atom is -0.497 e. The summed E-state index contributed by atoms with van der Waals surface area (Å²) in [7, 11) is 3.51. The minimum atomic E-state index is -0.792. The number of benzene rings is 1. The monoisotopic (exact) mass is 567 g/mol. The van der Waals surface area contributed by atoms with E-state index in [1.807, 2.05) is 47.7 Å². The topological polar surface area (TPSA) is 126 Å². The van der Waals surface area contributed by atoms with Gasteiger partial charge in [0.1, 0.15) is 11.8 Å². The minimum absolute atomic E-state index is 0.151. The van der Waals surface area contributed by atoms with Gasteiger partial charge in [-0.25, -0.2) is 9.78 Å². The summed E-state index contributed by atoms with van der Waals surface area (Å²) in [5.41, 5.74) is 1.10. The summed E-state index contributed by atoms with van der Waals surface area (Å²) >= 11 is 0. The Balaban J connectivity index is 1.48. The smallest absolute Gasteiger partial charge is 0.315 e. The third-order valence-corrected chi connectivity index (χ3v) is 9.19. The number of aliphatic carboxylic acids is 1. The van der Waals surface area contributed by atoms with Crippen molar-refractivity contribution in [1.82, 2.24) is 25.1 Å². The van der Waals surface area contributed by atoms with Gasteiger partial charge in [0.2, 0.25) is 5.91 Å². The van der Waals surface area contributed by atoms with E-state index in [0.717, 1.165) is 43.4 Å². The first kappa shape index (κ1) is 30.4. The van der Waals surface area contributed by atoms with Crippen molar-refractivity contribution < 1.29 is 24.2 Å². The van der Waals surface area contributed by atoms with Crippen LogP contribution in [0.25, 0.3) is 0 Å². The molecule has 3 N–H and O–H groups in total. The number of hydrogen-bond acceptors (Lipinski definition) is 5. The average molecular weight is 568 g/mol. The maximum Gasteiger partial charge on any atom is 0.315 e. The molecule has 2 fully saturated rings. The van der Waals surface area contributed by atoms with Crippen molar-refractivity contribution in [2.45, 2.75) is 83.2 Å². The fourth-order valence-electron chi connectivity index (χ4n) is 6.72. The second-order valence-corrected chi connectivity index (χ2v) is 11.6. The Morgan fingerprint density at radius 3 is 2.51 bits per heavy atom. The molecule has 2 heterocycles. The standard InChI is InChI=1S/C31H45N5O5/c1-4-24-19-31(29(38)39,23-8-6-5-7-9-23)15-17-36(24)28(37)27(18-22-10-12-26(41-3)13-11-22)34-30(40)33-16-14-25-20-32-21-35(25)2/h10-13,20-21,23-24,27H,4-9,14-19H2,1-3H3,(H,38,39)(H2,33,34,40)/t24?,27-,31?/m1/s1. The van der Waals surface area contributed by atoms with Crippen molar-refractivity contribution in [2.75, 3.05) is 20.2 Å². The van der Waals surface area contributed by atoms with E-state index in [-0.39, 0.29) is 17.9 Å². The van der Waals surface area contributed by atoms with Crippen LogP contribution in [0.3, 0.4) is 0 Å². The van der Waals surface area contributed by atoms with Gasteiger partial charge in [-0.15, -0.1) is 0 Å². The molecule has 2 aliphatic rings. The molecule has 4 rings (SSSR count). The maximum atomic E-state index is 14.1. The summed E-state index contributed by atoms with van der Waals surface area (Å²) < 4.78 is 7.18. The van der Waals surface area contributed by atoms with Gasteiger partial charge in [-0.3, -0.25) is 9.59 Å². The van der Waals surface area contributed by atoms with E-state index in [9.17, 15) is 19.5 Å². The van der Waals surface area contributed by atoms with Crippen molar-refractivity contribution in [3.05, 3.63) is 48.0 Å². The van der Waals surface area contributed by atoms with Gasteiger partial charge in [0.15, 0.2) is 0 Å². The number of carboxylic acid groups (broad SMARTS) is 1. The predicted octanol–water partition coefficient (Wildman–Crippen LogP) is 3.93. The Morgan fingerprint density at radius 2 is 1.90 bits per heavy atom. The van der Waals surface area contributed by atoms with Gasteiger partial charge in [-0.1, -0.05) is 38.3 Å². The second-order valence-electron chi connectivity index (χ2n) is 11.6. The molecule has 0 spiro atoms. The van der Waals surface area contributed by atoms with Crippen molar-refractivity contribution >= 4 is 17.9 Å². The molecule has 0 radical (unpaired) electrons. The molecule has 224 valence electrons. The molecular weight excluding hydrogens is 522 g/mol. The van der Waals surface area contributed by atoms with Gasteiger partial charge in [0, 0.05) is 50.9 Å². The summed E-state index contributed by atoms with van der Waals surface area (Å²) in [6.07, 6.45) is 11.2. The van der Waals surface area contributed by atoms with Crippen molar-refractivity contribution in [3.63, 3.8) is 0 Å². The summed E-state index contributed by atoms with van der Waals surface area (Å²) in [5, 5.41) is 16.2. The Kier molecular flexibility index (Phi) is 10.3. The van der Waals surface area contributed by atoms with E-state index in [1.54, 1.807) is 19.6 Å². The Hall–Kier alpha value is -3.56. The van der Waals surface area contributed by atoms with Crippen LogP contribution in [0.4, 0.5) is 4.79 Å². The van der Waals surface area contributed by atoms with Gasteiger partial charge in [-0.2, -0.15) is 0 Å². The molecule has 10 heteroatoms. The van der Waals surface area contributed by atoms with Crippen LogP contribution in [0.2, 0.25) is 0 Å². The number of likely N-dealkylation sites (tertiary alicyclic amines) is 1. The third kappa shape index (κ3) is 7.21. The lowest BCUT2D eigenvalue weighted by Crippen LogP contribution is -2.59. The van der Waals surface area contributed by atoms with Crippen molar-refractivity contribution in [2.24, 2.45) is 18.4 Å². The zero-order valence-corrected chi connectivity index (χ0v) is 24.6. The van der Waals surface area contributed by atoms with Gasteiger partial charge in [0.25, 0.3) is 0 Å². The number of nitrogens with zero attached hydrogens (tertiary/aromatic N) is 3. The van der Waals surface area contributed by atoms with Crippen LogP contribution in [0.15, 0.2) is 36.8 Å². The van der Waals surface area contributed by atoms with Crippen LogP contribution in [-0.2, 0) is 29.5 Å². The molecule has 3 amide bonds. The third-order valence-electron chi connectivity index (χ3n) is 9.19. The van der Waals surface area contributed by atoms with Crippen LogP contribution in [0, 0.1) is 11.3 Å². The number of carboxylic acids is 1. The number of aromatic nitrogens is 2. The molecule has 3 atom stereocenters. The van der Waals surface area contributed by atoms with Crippen LogP contribution in [-0.4, -0.2) is 69.7 Å². The molecule has 1 saturated carbocycles. The molecule has 1 saturated heterocycles. The highest BCUT2D eigenvalue weighted by molar-refractivity contribution is 5.88. The zero-order chi connectivity index (χ0) is 29.4. The number of amides is 3.